The number of nitrogens with one attached hydrogen (secondary N) is 2. The first kappa shape index (κ1) is 19.7. The second-order valence-corrected chi connectivity index (χ2v) is 7.43. The van der Waals surface area contributed by atoms with Gasteiger partial charge in [-0.3, -0.25) is 14.4 Å². The highest BCUT2D eigenvalue weighted by Crippen LogP contribution is 2.17. The van der Waals surface area contributed by atoms with Gasteiger partial charge in [-0.15, -0.1) is 0 Å². The fraction of sp³-hybridized carbons (Fsp3) is 0.261. The van der Waals surface area contributed by atoms with Crippen LogP contribution in [0.3, 0.4) is 0 Å². The molecule has 0 radical (unpaired) electrons. The number of pyridine rings is 1. The standard InChI is InChI=1S/C23H23N3O4/c1-15-7-10-20(30-15)22(28)24-17-11-13-26(14-12-17)23(29)18-8-9-19(25-21(18)27)16-5-3-2-4-6-16/h2-10,17H,11-14H2,1H3,(H,24,28)(H,25,27). The quantitative estimate of drug-likeness (QED) is 0.698. The molecule has 1 aliphatic heterocycles. The zero-order valence-corrected chi connectivity index (χ0v) is 16.7. The van der Waals surface area contributed by atoms with Crippen LogP contribution in [0.5, 0.6) is 0 Å². The van der Waals surface area contributed by atoms with Gasteiger partial charge in [0.2, 0.25) is 0 Å². The Morgan fingerprint density at radius 2 is 1.77 bits per heavy atom. The van der Waals surface area contributed by atoms with Crippen molar-refractivity contribution in [2.75, 3.05) is 13.1 Å². The molecule has 0 bridgehead atoms. The first-order valence-electron chi connectivity index (χ1n) is 9.96. The minimum absolute atomic E-state index is 0.0364. The number of benzene rings is 1. The van der Waals surface area contributed by atoms with Crippen LogP contribution in [0.2, 0.25) is 0 Å². The first-order chi connectivity index (χ1) is 14.5. The molecule has 1 aromatic carbocycles. The van der Waals surface area contributed by atoms with Crippen molar-refractivity contribution >= 4 is 11.8 Å². The van der Waals surface area contributed by atoms with Crippen molar-refractivity contribution < 1.29 is 14.0 Å². The highest BCUT2D eigenvalue weighted by Gasteiger charge is 2.26. The highest BCUT2D eigenvalue weighted by molar-refractivity contribution is 5.94. The van der Waals surface area contributed by atoms with Crippen LogP contribution in [0, 0.1) is 6.92 Å². The van der Waals surface area contributed by atoms with E-state index < -0.39 is 5.56 Å². The van der Waals surface area contributed by atoms with Crippen LogP contribution < -0.4 is 10.9 Å². The van der Waals surface area contributed by atoms with Crippen LogP contribution >= 0.6 is 0 Å². The Bertz CT molecular complexity index is 1110. The summed E-state index contributed by atoms with van der Waals surface area (Å²) in [5.41, 5.74) is 1.29. The summed E-state index contributed by atoms with van der Waals surface area (Å²) in [6.45, 7) is 2.73. The van der Waals surface area contributed by atoms with Crippen molar-refractivity contribution in [1.29, 1.82) is 0 Å². The fourth-order valence-corrected chi connectivity index (χ4v) is 3.64. The van der Waals surface area contributed by atoms with E-state index in [1.807, 2.05) is 30.3 Å². The van der Waals surface area contributed by atoms with Gasteiger partial charge in [0.1, 0.15) is 11.3 Å². The number of carbonyl (C=O) groups is 2. The van der Waals surface area contributed by atoms with Crippen molar-refractivity contribution in [3.63, 3.8) is 0 Å². The maximum absolute atomic E-state index is 12.8. The number of rotatable bonds is 4. The number of carbonyl (C=O) groups excluding carboxylic acids is 2. The fourth-order valence-electron chi connectivity index (χ4n) is 3.64. The lowest BCUT2D eigenvalue weighted by Crippen LogP contribution is -2.47. The summed E-state index contributed by atoms with van der Waals surface area (Å²) >= 11 is 0. The van der Waals surface area contributed by atoms with Gasteiger partial charge in [-0.25, -0.2) is 0 Å². The third-order valence-corrected chi connectivity index (χ3v) is 5.31. The summed E-state index contributed by atoms with van der Waals surface area (Å²) in [7, 11) is 0. The smallest absolute Gasteiger partial charge is 0.287 e. The normalized spacial score (nSPS) is 14.5. The molecule has 1 saturated heterocycles. The molecule has 0 atom stereocenters. The zero-order valence-electron chi connectivity index (χ0n) is 16.7. The van der Waals surface area contributed by atoms with Crippen LogP contribution in [0.25, 0.3) is 11.3 Å². The van der Waals surface area contributed by atoms with Gasteiger partial charge in [-0.05, 0) is 49.6 Å². The van der Waals surface area contributed by atoms with Crippen molar-refractivity contribution in [1.82, 2.24) is 15.2 Å². The molecule has 3 heterocycles. The molecule has 2 aromatic heterocycles. The van der Waals surface area contributed by atoms with E-state index in [2.05, 4.69) is 10.3 Å². The van der Waals surface area contributed by atoms with E-state index in [0.717, 1.165) is 5.56 Å². The van der Waals surface area contributed by atoms with Gasteiger partial charge in [0.15, 0.2) is 5.76 Å². The minimum Gasteiger partial charge on any atom is -0.456 e. The predicted octanol–water partition coefficient (Wildman–Crippen LogP) is 2.98. The Kier molecular flexibility index (Phi) is 5.52. The largest absolute Gasteiger partial charge is 0.456 e. The molecular weight excluding hydrogens is 382 g/mol. The maximum atomic E-state index is 12.8. The lowest BCUT2D eigenvalue weighted by Gasteiger charge is -2.32. The number of furan rings is 1. The number of piperidine rings is 1. The molecule has 3 aromatic rings. The van der Waals surface area contributed by atoms with Crippen LogP contribution in [-0.2, 0) is 0 Å². The van der Waals surface area contributed by atoms with Crippen molar-refractivity contribution in [2.24, 2.45) is 0 Å². The molecule has 0 saturated carbocycles. The van der Waals surface area contributed by atoms with Crippen LogP contribution in [0.1, 0.15) is 39.5 Å². The molecule has 4 rings (SSSR count). The SMILES string of the molecule is Cc1ccc(C(=O)NC2CCN(C(=O)c3ccc(-c4ccccc4)[nH]c3=O)CC2)o1. The van der Waals surface area contributed by atoms with Gasteiger partial charge in [0.05, 0.1) is 0 Å². The first-order valence-corrected chi connectivity index (χ1v) is 9.96. The monoisotopic (exact) mass is 405 g/mol. The van der Waals surface area contributed by atoms with E-state index in [0.29, 0.717) is 37.4 Å². The number of amides is 2. The maximum Gasteiger partial charge on any atom is 0.287 e. The van der Waals surface area contributed by atoms with E-state index in [4.69, 9.17) is 4.42 Å². The van der Waals surface area contributed by atoms with E-state index in [-0.39, 0.29) is 29.2 Å². The summed E-state index contributed by atoms with van der Waals surface area (Å²) in [6.07, 6.45) is 1.24. The molecule has 154 valence electrons. The summed E-state index contributed by atoms with van der Waals surface area (Å²) in [6, 6.07) is 16.2. The minimum atomic E-state index is -0.398. The molecule has 1 aliphatic rings. The third kappa shape index (κ3) is 4.20. The molecule has 2 amide bonds. The molecule has 0 spiro atoms. The number of nitrogens with zero attached hydrogens (tertiary/aromatic N) is 1. The lowest BCUT2D eigenvalue weighted by atomic mass is 10.0. The summed E-state index contributed by atoms with van der Waals surface area (Å²) in [5.74, 6) is 0.434. The number of hydrogen-bond acceptors (Lipinski definition) is 4. The third-order valence-electron chi connectivity index (χ3n) is 5.31. The molecular formula is C23H23N3O4. The van der Waals surface area contributed by atoms with Crippen molar-refractivity contribution in [2.45, 2.75) is 25.8 Å². The Balaban J connectivity index is 1.37. The lowest BCUT2D eigenvalue weighted by molar-refractivity contribution is 0.0694. The van der Waals surface area contributed by atoms with E-state index in [1.165, 1.54) is 0 Å². The average Bonchev–Trinajstić information content (AvgIpc) is 3.21. The van der Waals surface area contributed by atoms with Gasteiger partial charge in [0, 0.05) is 24.8 Å². The van der Waals surface area contributed by atoms with Crippen LogP contribution in [0.4, 0.5) is 0 Å². The van der Waals surface area contributed by atoms with E-state index >= 15 is 0 Å². The molecule has 0 unspecified atom stereocenters. The zero-order chi connectivity index (χ0) is 21.1. The number of aryl methyl sites for hydroxylation is 1. The highest BCUT2D eigenvalue weighted by atomic mass is 16.3. The Hall–Kier alpha value is -3.61. The number of hydrogen-bond donors (Lipinski definition) is 2. The van der Waals surface area contributed by atoms with Gasteiger partial charge in [0.25, 0.3) is 17.4 Å². The topological polar surface area (TPSA) is 95.4 Å². The average molecular weight is 405 g/mol. The molecule has 1 fully saturated rings. The number of likely N-dealkylation sites (tertiary alicyclic amines) is 1. The van der Waals surface area contributed by atoms with Gasteiger partial charge < -0.3 is 19.6 Å². The number of H-pyrrole nitrogens is 1. The number of aromatic nitrogens is 1. The van der Waals surface area contributed by atoms with Crippen LogP contribution in [-0.4, -0.2) is 40.8 Å². The van der Waals surface area contributed by atoms with E-state index in [1.54, 1.807) is 36.1 Å². The number of aromatic amines is 1. The second-order valence-electron chi connectivity index (χ2n) is 7.43. The molecule has 30 heavy (non-hydrogen) atoms. The summed E-state index contributed by atoms with van der Waals surface area (Å²) in [4.78, 5) is 42.0. The van der Waals surface area contributed by atoms with Gasteiger partial charge in [-0.1, -0.05) is 30.3 Å². The summed E-state index contributed by atoms with van der Waals surface area (Å²) < 4.78 is 5.34. The predicted molar refractivity (Wildman–Crippen MR) is 112 cm³/mol. The molecule has 7 heteroatoms. The summed E-state index contributed by atoms with van der Waals surface area (Å²) in [5, 5.41) is 2.95. The van der Waals surface area contributed by atoms with E-state index in [9.17, 15) is 14.4 Å². The molecule has 2 N–H and O–H groups in total. The van der Waals surface area contributed by atoms with Crippen molar-refractivity contribution in [3.8, 4) is 11.3 Å². The Morgan fingerprint density at radius 3 is 2.40 bits per heavy atom. The molecule has 7 nitrogen and oxygen atoms in total. The van der Waals surface area contributed by atoms with Crippen molar-refractivity contribution in [3.05, 3.63) is 82.0 Å². The van der Waals surface area contributed by atoms with Crippen LogP contribution in [0.15, 0.2) is 63.8 Å². The second kappa shape index (κ2) is 8.41. The molecule has 0 aliphatic carbocycles. The Labute approximate surface area is 173 Å². The Morgan fingerprint density at radius 1 is 1.03 bits per heavy atom. The van der Waals surface area contributed by atoms with Gasteiger partial charge >= 0.3 is 0 Å². The van der Waals surface area contributed by atoms with Gasteiger partial charge in [-0.2, -0.15) is 0 Å².